The molecule has 3 heterocycles. The van der Waals surface area contributed by atoms with Gasteiger partial charge in [0.2, 0.25) is 0 Å². The largest absolute Gasteiger partial charge is 0.486 e. The molecule has 1 fully saturated rings. The highest BCUT2D eigenvalue weighted by molar-refractivity contribution is 5.92. The zero-order chi connectivity index (χ0) is 17.1. The molecule has 7 nitrogen and oxygen atoms in total. The van der Waals surface area contributed by atoms with E-state index in [1.807, 2.05) is 29.1 Å². The van der Waals surface area contributed by atoms with Crippen molar-refractivity contribution >= 4 is 18.3 Å². The summed E-state index contributed by atoms with van der Waals surface area (Å²) in [6, 6.07) is 7.81. The first-order chi connectivity index (χ1) is 12.3. The van der Waals surface area contributed by atoms with Crippen LogP contribution in [0.3, 0.4) is 0 Å². The quantitative estimate of drug-likeness (QED) is 0.850. The lowest BCUT2D eigenvalue weighted by molar-refractivity contribution is 0.0944. The van der Waals surface area contributed by atoms with Crippen molar-refractivity contribution in [3.8, 4) is 11.5 Å². The van der Waals surface area contributed by atoms with Crippen LogP contribution in [-0.2, 0) is 6.54 Å². The Labute approximate surface area is 158 Å². The first-order valence-electron chi connectivity index (χ1n) is 8.72. The number of ether oxygens (including phenoxy) is 2. The molecule has 0 bridgehead atoms. The van der Waals surface area contributed by atoms with Crippen LogP contribution in [0, 0.1) is 0 Å². The zero-order valence-electron chi connectivity index (χ0n) is 14.4. The molecular weight excluding hydrogens is 356 g/mol. The van der Waals surface area contributed by atoms with E-state index in [4.69, 9.17) is 9.47 Å². The summed E-state index contributed by atoms with van der Waals surface area (Å²) in [6.45, 7) is 3.51. The molecule has 4 rings (SSSR count). The van der Waals surface area contributed by atoms with Crippen LogP contribution in [0.1, 0.15) is 34.9 Å². The number of hydrogen-bond acceptors (Lipinski definition) is 5. The molecule has 0 spiro atoms. The molecule has 1 amide bonds. The van der Waals surface area contributed by atoms with Gasteiger partial charge in [0.1, 0.15) is 18.9 Å². The highest BCUT2D eigenvalue weighted by Gasteiger charge is 2.18. The second-order valence-corrected chi connectivity index (χ2v) is 6.34. The van der Waals surface area contributed by atoms with Crippen molar-refractivity contribution in [1.29, 1.82) is 0 Å². The second kappa shape index (κ2) is 8.42. The molecule has 0 aliphatic carbocycles. The van der Waals surface area contributed by atoms with Gasteiger partial charge >= 0.3 is 0 Å². The lowest BCUT2D eigenvalue weighted by atomic mass is 10.1. The van der Waals surface area contributed by atoms with Crippen LogP contribution in [0.15, 0.2) is 30.5 Å². The normalized spacial score (nSPS) is 18.7. The van der Waals surface area contributed by atoms with E-state index in [0.29, 0.717) is 31.5 Å². The number of halogens is 1. The Morgan fingerprint density at radius 2 is 2.12 bits per heavy atom. The highest BCUT2D eigenvalue weighted by Crippen LogP contribution is 2.30. The Bertz CT molecular complexity index is 759. The smallest absolute Gasteiger partial charge is 0.272 e. The SMILES string of the molecule is Cl.O=C(NCc1ccc2c(c1)OCCO2)c1ccn(C2CCCNC2)n1. The van der Waals surface area contributed by atoms with Crippen LogP contribution in [0.5, 0.6) is 11.5 Å². The van der Waals surface area contributed by atoms with Crippen LogP contribution < -0.4 is 20.1 Å². The van der Waals surface area contributed by atoms with E-state index in [9.17, 15) is 4.79 Å². The maximum Gasteiger partial charge on any atom is 0.272 e. The van der Waals surface area contributed by atoms with Gasteiger partial charge in [-0.3, -0.25) is 9.48 Å². The molecule has 8 heteroatoms. The van der Waals surface area contributed by atoms with E-state index < -0.39 is 0 Å². The minimum atomic E-state index is -0.169. The predicted octanol–water partition coefficient (Wildman–Crippen LogP) is 1.93. The average molecular weight is 379 g/mol. The molecule has 1 unspecified atom stereocenters. The van der Waals surface area contributed by atoms with Gasteiger partial charge in [0, 0.05) is 19.3 Å². The lowest BCUT2D eigenvalue weighted by Crippen LogP contribution is -2.32. The van der Waals surface area contributed by atoms with Crippen molar-refractivity contribution in [2.24, 2.45) is 0 Å². The number of carbonyl (C=O) groups is 1. The summed E-state index contributed by atoms with van der Waals surface area (Å²) in [4.78, 5) is 12.3. The Hall–Kier alpha value is -2.25. The molecule has 1 aromatic carbocycles. The van der Waals surface area contributed by atoms with E-state index in [1.54, 1.807) is 6.07 Å². The fraction of sp³-hybridized carbons (Fsp3) is 0.444. The number of amides is 1. The van der Waals surface area contributed by atoms with E-state index in [0.717, 1.165) is 43.0 Å². The molecule has 26 heavy (non-hydrogen) atoms. The van der Waals surface area contributed by atoms with E-state index >= 15 is 0 Å². The number of nitrogens with zero attached hydrogens (tertiary/aromatic N) is 2. The number of carbonyl (C=O) groups excluding carboxylic acids is 1. The second-order valence-electron chi connectivity index (χ2n) is 6.34. The highest BCUT2D eigenvalue weighted by atomic mass is 35.5. The summed E-state index contributed by atoms with van der Waals surface area (Å²) in [7, 11) is 0. The fourth-order valence-corrected chi connectivity index (χ4v) is 3.19. The van der Waals surface area contributed by atoms with Crippen molar-refractivity contribution in [2.75, 3.05) is 26.3 Å². The van der Waals surface area contributed by atoms with Crippen molar-refractivity contribution in [2.45, 2.75) is 25.4 Å². The van der Waals surface area contributed by atoms with Gasteiger partial charge in [-0.1, -0.05) is 6.07 Å². The maximum absolute atomic E-state index is 12.3. The molecule has 2 N–H and O–H groups in total. The third-order valence-electron chi connectivity index (χ3n) is 4.55. The van der Waals surface area contributed by atoms with Gasteiger partial charge in [-0.25, -0.2) is 0 Å². The number of piperidine rings is 1. The maximum atomic E-state index is 12.3. The number of hydrogen-bond donors (Lipinski definition) is 2. The Kier molecular flexibility index (Phi) is 6.00. The van der Waals surface area contributed by atoms with Crippen molar-refractivity contribution in [3.05, 3.63) is 41.7 Å². The lowest BCUT2D eigenvalue weighted by Gasteiger charge is -2.22. The van der Waals surface area contributed by atoms with Crippen molar-refractivity contribution in [3.63, 3.8) is 0 Å². The van der Waals surface area contributed by atoms with E-state index in [1.165, 1.54) is 0 Å². The van der Waals surface area contributed by atoms with Crippen molar-refractivity contribution < 1.29 is 14.3 Å². The minimum Gasteiger partial charge on any atom is -0.486 e. The molecule has 140 valence electrons. The Morgan fingerprint density at radius 1 is 1.27 bits per heavy atom. The number of aromatic nitrogens is 2. The van der Waals surface area contributed by atoms with Crippen LogP contribution in [-0.4, -0.2) is 42.0 Å². The summed E-state index contributed by atoms with van der Waals surface area (Å²) >= 11 is 0. The summed E-state index contributed by atoms with van der Waals surface area (Å²) in [6.07, 6.45) is 4.11. The fourth-order valence-electron chi connectivity index (χ4n) is 3.19. The topological polar surface area (TPSA) is 77.4 Å². The van der Waals surface area contributed by atoms with Gasteiger partial charge in [0.15, 0.2) is 11.5 Å². The summed E-state index contributed by atoms with van der Waals surface area (Å²) in [5.74, 6) is 1.31. The number of fused-ring (bicyclic) bond motifs is 1. The number of benzene rings is 1. The summed E-state index contributed by atoms with van der Waals surface area (Å²) in [5.41, 5.74) is 1.41. The van der Waals surface area contributed by atoms with Gasteiger partial charge in [0.05, 0.1) is 6.04 Å². The summed E-state index contributed by atoms with van der Waals surface area (Å²) in [5, 5.41) is 10.7. The predicted molar refractivity (Wildman–Crippen MR) is 99.2 cm³/mol. The average Bonchev–Trinajstić information content (AvgIpc) is 3.17. The molecule has 0 saturated carbocycles. The monoisotopic (exact) mass is 378 g/mol. The van der Waals surface area contributed by atoms with E-state index in [2.05, 4.69) is 15.7 Å². The molecule has 1 atom stereocenters. The zero-order valence-corrected chi connectivity index (χ0v) is 15.3. The van der Waals surface area contributed by atoms with Gasteiger partial charge in [-0.15, -0.1) is 12.4 Å². The molecule has 1 aromatic heterocycles. The van der Waals surface area contributed by atoms with Gasteiger partial charge in [-0.05, 0) is 43.1 Å². The van der Waals surface area contributed by atoms with Crippen LogP contribution in [0.2, 0.25) is 0 Å². The van der Waals surface area contributed by atoms with Crippen LogP contribution >= 0.6 is 12.4 Å². The number of rotatable bonds is 4. The van der Waals surface area contributed by atoms with Gasteiger partial charge in [0.25, 0.3) is 5.91 Å². The first-order valence-corrected chi connectivity index (χ1v) is 8.72. The molecule has 0 radical (unpaired) electrons. The summed E-state index contributed by atoms with van der Waals surface area (Å²) < 4.78 is 13.0. The molecule has 1 saturated heterocycles. The number of nitrogens with one attached hydrogen (secondary N) is 2. The molecule has 2 aliphatic heterocycles. The van der Waals surface area contributed by atoms with Crippen LogP contribution in [0.25, 0.3) is 0 Å². The molecule has 2 aromatic rings. The minimum absolute atomic E-state index is 0. The van der Waals surface area contributed by atoms with Gasteiger partial charge < -0.3 is 20.1 Å². The van der Waals surface area contributed by atoms with Crippen molar-refractivity contribution in [1.82, 2.24) is 20.4 Å². The van der Waals surface area contributed by atoms with Gasteiger partial charge in [-0.2, -0.15) is 5.10 Å². The standard InChI is InChI=1S/C18H22N4O3.ClH/c23-18(15-5-7-22(21-15)14-2-1-6-19-12-14)20-11-13-3-4-16-17(10-13)25-9-8-24-16;/h3-5,7,10,14,19H,1-2,6,8-9,11-12H2,(H,20,23);1H. The molecule has 2 aliphatic rings. The Morgan fingerprint density at radius 3 is 2.92 bits per heavy atom. The molecular formula is C18H23ClN4O3. The third kappa shape index (κ3) is 4.11. The Balaban J connectivity index is 0.00000196. The third-order valence-corrected chi connectivity index (χ3v) is 4.55. The van der Waals surface area contributed by atoms with E-state index in [-0.39, 0.29) is 18.3 Å². The first kappa shape index (κ1) is 18.5. The van der Waals surface area contributed by atoms with Crippen LogP contribution in [0.4, 0.5) is 0 Å².